The highest BCUT2D eigenvalue weighted by molar-refractivity contribution is 6.74. The van der Waals surface area contributed by atoms with Crippen LogP contribution in [0.15, 0.2) is 0 Å². The first kappa shape index (κ1) is 17.7. The van der Waals surface area contributed by atoms with Crippen molar-refractivity contribution in [3.05, 3.63) is 0 Å². The second kappa shape index (κ2) is 7.08. The Hall–Kier alpha value is -0.353. The van der Waals surface area contributed by atoms with Crippen LogP contribution in [-0.2, 0) is 14.0 Å². The molecule has 0 aromatic heterocycles. The minimum atomic E-state index is -1.80. The van der Waals surface area contributed by atoms with Crippen molar-refractivity contribution in [3.63, 3.8) is 0 Å². The lowest BCUT2D eigenvalue weighted by molar-refractivity contribution is -0.159. The number of unbranched alkanes of at least 4 members (excludes halogenated alkanes) is 2. The molecule has 0 saturated carbocycles. The lowest BCUT2D eigenvalue weighted by atomic mass is 10.0. The van der Waals surface area contributed by atoms with E-state index in [1.807, 2.05) is 0 Å². The molecule has 4 heteroatoms. The lowest BCUT2D eigenvalue weighted by Crippen LogP contribution is -2.47. The zero-order chi connectivity index (χ0) is 15.4. The van der Waals surface area contributed by atoms with Crippen molar-refractivity contribution in [1.29, 1.82) is 0 Å². The standard InChI is InChI=1S/C16H32O3Si/c1-7-8-9-10-13-11-14(12-15(17)18-13)19-20(5,6)16(2,3)4/h13-14H,7-12H2,1-6H3/t13-,14?/m1/s1. The lowest BCUT2D eigenvalue weighted by Gasteiger charge is -2.41. The molecule has 1 heterocycles. The Kier molecular flexibility index (Phi) is 6.26. The Morgan fingerprint density at radius 2 is 1.95 bits per heavy atom. The summed E-state index contributed by atoms with van der Waals surface area (Å²) in [6.07, 6.45) is 5.96. The Bertz CT molecular complexity index is 320. The van der Waals surface area contributed by atoms with Crippen LogP contribution in [0.4, 0.5) is 0 Å². The van der Waals surface area contributed by atoms with E-state index in [9.17, 15) is 4.79 Å². The molecule has 0 spiro atoms. The van der Waals surface area contributed by atoms with Crippen LogP contribution in [0.2, 0.25) is 18.1 Å². The summed E-state index contributed by atoms with van der Waals surface area (Å²) in [5.41, 5.74) is 0. The number of esters is 1. The number of carbonyl (C=O) groups is 1. The Balaban J connectivity index is 2.55. The molecule has 0 N–H and O–H groups in total. The quantitative estimate of drug-likeness (QED) is 0.406. The van der Waals surface area contributed by atoms with Gasteiger partial charge in [0.1, 0.15) is 6.10 Å². The number of cyclic esters (lactones) is 1. The van der Waals surface area contributed by atoms with Crippen LogP contribution in [0, 0.1) is 0 Å². The largest absolute Gasteiger partial charge is 0.462 e. The summed E-state index contributed by atoms with van der Waals surface area (Å²) in [6, 6.07) is 0. The van der Waals surface area contributed by atoms with Crippen LogP contribution in [0.3, 0.4) is 0 Å². The summed E-state index contributed by atoms with van der Waals surface area (Å²) in [6.45, 7) is 13.4. The van der Waals surface area contributed by atoms with E-state index in [0.717, 1.165) is 19.3 Å². The van der Waals surface area contributed by atoms with E-state index in [-0.39, 0.29) is 23.2 Å². The molecular weight excluding hydrogens is 268 g/mol. The van der Waals surface area contributed by atoms with Gasteiger partial charge in [-0.25, -0.2) is 0 Å². The predicted molar refractivity (Wildman–Crippen MR) is 85.3 cm³/mol. The fraction of sp³-hybridized carbons (Fsp3) is 0.938. The molecule has 1 aliphatic heterocycles. The monoisotopic (exact) mass is 300 g/mol. The smallest absolute Gasteiger partial charge is 0.308 e. The number of rotatable bonds is 6. The van der Waals surface area contributed by atoms with Crippen LogP contribution in [0.25, 0.3) is 0 Å². The molecule has 0 aliphatic carbocycles. The maximum atomic E-state index is 11.8. The molecule has 0 aromatic carbocycles. The topological polar surface area (TPSA) is 35.5 Å². The van der Waals surface area contributed by atoms with Crippen LogP contribution < -0.4 is 0 Å². The molecule has 118 valence electrons. The molecule has 1 unspecified atom stereocenters. The number of hydrogen-bond acceptors (Lipinski definition) is 3. The molecule has 1 rings (SSSR count). The van der Waals surface area contributed by atoms with Gasteiger partial charge >= 0.3 is 5.97 Å². The fourth-order valence-electron chi connectivity index (χ4n) is 2.33. The van der Waals surface area contributed by atoms with Gasteiger partial charge in [0, 0.05) is 6.42 Å². The van der Waals surface area contributed by atoms with Gasteiger partial charge in [0.2, 0.25) is 0 Å². The third-order valence-electron chi connectivity index (χ3n) is 4.62. The maximum absolute atomic E-state index is 11.8. The molecule has 1 aliphatic rings. The second-order valence-corrected chi connectivity index (χ2v) is 12.3. The van der Waals surface area contributed by atoms with Crippen molar-refractivity contribution in [3.8, 4) is 0 Å². The Morgan fingerprint density at radius 3 is 2.50 bits per heavy atom. The summed E-state index contributed by atoms with van der Waals surface area (Å²) in [5.74, 6) is -0.0820. The molecule has 1 saturated heterocycles. The normalized spacial score (nSPS) is 24.6. The van der Waals surface area contributed by atoms with Gasteiger partial charge in [-0.05, 0) is 31.0 Å². The van der Waals surface area contributed by atoms with E-state index in [2.05, 4.69) is 40.8 Å². The van der Waals surface area contributed by atoms with Crippen LogP contribution >= 0.6 is 0 Å². The van der Waals surface area contributed by atoms with Gasteiger partial charge in [-0.3, -0.25) is 4.79 Å². The van der Waals surface area contributed by atoms with E-state index in [4.69, 9.17) is 9.16 Å². The van der Waals surface area contributed by atoms with Crippen LogP contribution in [0.1, 0.15) is 66.2 Å². The van der Waals surface area contributed by atoms with E-state index in [1.54, 1.807) is 0 Å². The van der Waals surface area contributed by atoms with E-state index < -0.39 is 8.32 Å². The van der Waals surface area contributed by atoms with Crippen molar-refractivity contribution < 1.29 is 14.0 Å². The van der Waals surface area contributed by atoms with Crippen molar-refractivity contribution in [2.45, 2.75) is 96.6 Å². The second-order valence-electron chi connectivity index (χ2n) is 7.55. The number of hydrogen-bond donors (Lipinski definition) is 0. The molecule has 20 heavy (non-hydrogen) atoms. The zero-order valence-electron chi connectivity index (χ0n) is 14.1. The molecule has 0 amide bonds. The van der Waals surface area contributed by atoms with E-state index in [0.29, 0.717) is 6.42 Å². The maximum Gasteiger partial charge on any atom is 0.308 e. The van der Waals surface area contributed by atoms with Crippen molar-refractivity contribution >= 4 is 14.3 Å². The predicted octanol–water partition coefficient (Wildman–Crippen LogP) is 4.66. The average molecular weight is 301 g/mol. The summed E-state index contributed by atoms with van der Waals surface area (Å²) in [5, 5.41) is 0.187. The van der Waals surface area contributed by atoms with E-state index >= 15 is 0 Å². The highest BCUT2D eigenvalue weighted by Gasteiger charge is 2.41. The zero-order valence-corrected chi connectivity index (χ0v) is 15.1. The summed E-state index contributed by atoms with van der Waals surface area (Å²) in [4.78, 5) is 11.8. The van der Waals surface area contributed by atoms with Gasteiger partial charge in [-0.15, -0.1) is 0 Å². The van der Waals surface area contributed by atoms with Gasteiger partial charge in [0.25, 0.3) is 0 Å². The summed E-state index contributed by atoms with van der Waals surface area (Å²) in [7, 11) is -1.80. The van der Waals surface area contributed by atoms with Crippen molar-refractivity contribution in [1.82, 2.24) is 0 Å². The van der Waals surface area contributed by atoms with Crippen molar-refractivity contribution in [2.75, 3.05) is 0 Å². The third kappa shape index (κ3) is 5.21. The Morgan fingerprint density at radius 1 is 1.30 bits per heavy atom. The average Bonchev–Trinajstić information content (AvgIpc) is 2.26. The minimum Gasteiger partial charge on any atom is -0.462 e. The first-order chi connectivity index (χ1) is 9.15. The highest BCUT2D eigenvalue weighted by Crippen LogP contribution is 2.39. The van der Waals surface area contributed by atoms with E-state index in [1.165, 1.54) is 12.8 Å². The van der Waals surface area contributed by atoms with Gasteiger partial charge in [0.15, 0.2) is 8.32 Å². The van der Waals surface area contributed by atoms with Crippen LogP contribution in [-0.4, -0.2) is 26.5 Å². The molecule has 0 radical (unpaired) electrons. The molecule has 0 aromatic rings. The fourth-order valence-corrected chi connectivity index (χ4v) is 3.69. The minimum absolute atomic E-state index is 0.0590. The summed E-state index contributed by atoms with van der Waals surface area (Å²) < 4.78 is 11.8. The van der Waals surface area contributed by atoms with Gasteiger partial charge in [-0.2, -0.15) is 0 Å². The summed E-state index contributed by atoms with van der Waals surface area (Å²) >= 11 is 0. The van der Waals surface area contributed by atoms with Crippen LogP contribution in [0.5, 0.6) is 0 Å². The van der Waals surface area contributed by atoms with Gasteiger partial charge < -0.3 is 9.16 Å². The first-order valence-corrected chi connectivity index (χ1v) is 10.9. The molecule has 1 fully saturated rings. The molecular formula is C16H32O3Si. The van der Waals surface area contributed by atoms with Crippen molar-refractivity contribution in [2.24, 2.45) is 0 Å². The molecule has 3 nitrogen and oxygen atoms in total. The SMILES string of the molecule is CCCCC[C@@H]1CC(O[Si](C)(C)C(C)(C)C)CC(=O)O1. The Labute approximate surface area is 125 Å². The molecule has 2 atom stereocenters. The first-order valence-electron chi connectivity index (χ1n) is 8.03. The third-order valence-corrected chi connectivity index (χ3v) is 9.15. The number of carbonyl (C=O) groups excluding carboxylic acids is 1. The van der Waals surface area contributed by atoms with Gasteiger partial charge in [0.05, 0.1) is 12.5 Å². The molecule has 0 bridgehead atoms. The van der Waals surface area contributed by atoms with Gasteiger partial charge in [-0.1, -0.05) is 40.5 Å². The highest BCUT2D eigenvalue weighted by atomic mass is 28.4. The number of ether oxygens (including phenoxy) is 1.